The molecule has 0 aliphatic carbocycles. The molecular weight excluding hydrogens is 177 g/mol. The Kier molecular flexibility index (Phi) is 2.51. The Hall–Kier alpha value is -1.28. The fourth-order valence-electron chi connectivity index (χ4n) is 0.792. The average molecular weight is 183 g/mol. The smallest absolute Gasteiger partial charge is 0.277 e. The number of nitro groups is 1. The molecule has 0 N–H and O–H groups in total. The molecule has 1 unspecified atom stereocenters. The summed E-state index contributed by atoms with van der Waals surface area (Å²) in [6.07, 6.45) is 0.580. The van der Waals surface area contributed by atoms with Crippen molar-refractivity contribution in [2.24, 2.45) is 0 Å². The lowest BCUT2D eigenvalue weighted by Gasteiger charge is -1.95. The van der Waals surface area contributed by atoms with Crippen LogP contribution in [0, 0.1) is 10.1 Å². The minimum atomic E-state index is -0.519. The van der Waals surface area contributed by atoms with Gasteiger partial charge in [-0.3, -0.25) is 14.9 Å². The molecule has 1 atom stereocenters. The van der Waals surface area contributed by atoms with E-state index in [1.807, 2.05) is 0 Å². The Morgan fingerprint density at radius 2 is 2.17 bits per heavy atom. The van der Waals surface area contributed by atoms with Crippen LogP contribution in [-0.2, 0) is 0 Å². The molecule has 0 amide bonds. The summed E-state index contributed by atoms with van der Waals surface area (Å²) in [7, 11) is 2.24. The van der Waals surface area contributed by atoms with E-state index in [1.54, 1.807) is 0 Å². The van der Waals surface area contributed by atoms with Crippen molar-refractivity contribution in [1.29, 1.82) is 0 Å². The lowest BCUT2D eigenvalue weighted by molar-refractivity contribution is -0.383. The van der Waals surface area contributed by atoms with Gasteiger partial charge in [0.25, 0.3) is 5.69 Å². The first kappa shape index (κ1) is 8.81. The van der Waals surface area contributed by atoms with Crippen LogP contribution in [0.4, 0.5) is 5.69 Å². The van der Waals surface area contributed by atoms with Crippen molar-refractivity contribution >= 4 is 26.5 Å². The van der Waals surface area contributed by atoms with Crippen LogP contribution in [0.15, 0.2) is 18.2 Å². The van der Waals surface area contributed by atoms with Crippen LogP contribution in [0.1, 0.15) is 10.4 Å². The summed E-state index contributed by atoms with van der Waals surface area (Å²) in [5.41, 5.74) is 0.262. The molecule has 0 saturated heterocycles. The maximum Gasteiger partial charge on any atom is 0.277 e. The SMILES string of the molecule is O=Cc1ccc(P)c([N+](=O)[O-])c1. The number of rotatable bonds is 2. The second-order valence-corrected chi connectivity index (χ2v) is 2.82. The summed E-state index contributed by atoms with van der Waals surface area (Å²) in [4.78, 5) is 20.1. The molecule has 0 aromatic heterocycles. The summed E-state index contributed by atoms with van der Waals surface area (Å²) in [6.45, 7) is 0. The number of carbonyl (C=O) groups is 1. The van der Waals surface area contributed by atoms with E-state index in [4.69, 9.17) is 0 Å². The summed E-state index contributed by atoms with van der Waals surface area (Å²) in [5.74, 6) is 0. The Balaban J connectivity index is 3.25. The zero-order chi connectivity index (χ0) is 9.14. The Morgan fingerprint density at radius 3 is 2.67 bits per heavy atom. The molecule has 0 saturated carbocycles. The molecule has 1 rings (SSSR count). The molecule has 1 aromatic rings. The monoisotopic (exact) mass is 183 g/mol. The van der Waals surface area contributed by atoms with Crippen molar-refractivity contribution in [3.63, 3.8) is 0 Å². The van der Waals surface area contributed by atoms with Gasteiger partial charge in [0.05, 0.1) is 4.92 Å². The molecule has 0 aliphatic heterocycles. The molecule has 0 fully saturated rings. The first-order valence-corrected chi connectivity index (χ1v) is 3.72. The molecule has 4 nitrogen and oxygen atoms in total. The fourth-order valence-corrected chi connectivity index (χ4v) is 1.08. The second-order valence-electron chi connectivity index (χ2n) is 2.19. The van der Waals surface area contributed by atoms with Crippen molar-refractivity contribution in [2.45, 2.75) is 0 Å². The predicted octanol–water partition coefficient (Wildman–Crippen LogP) is 0.908. The van der Waals surface area contributed by atoms with Gasteiger partial charge >= 0.3 is 0 Å². The molecule has 0 bridgehead atoms. The highest BCUT2D eigenvalue weighted by atomic mass is 31.0. The van der Waals surface area contributed by atoms with Gasteiger partial charge < -0.3 is 0 Å². The number of carbonyl (C=O) groups excluding carboxylic acids is 1. The number of nitrogens with zero attached hydrogens (tertiary/aromatic N) is 1. The van der Waals surface area contributed by atoms with Crippen molar-refractivity contribution in [3.05, 3.63) is 33.9 Å². The number of nitro benzene ring substituents is 1. The number of hydrogen-bond acceptors (Lipinski definition) is 3. The van der Waals surface area contributed by atoms with E-state index in [9.17, 15) is 14.9 Å². The van der Waals surface area contributed by atoms with Crippen LogP contribution < -0.4 is 5.30 Å². The normalized spacial score (nSPS) is 9.42. The molecular formula is C7H6NO3P. The Morgan fingerprint density at radius 1 is 1.50 bits per heavy atom. The highest BCUT2D eigenvalue weighted by molar-refractivity contribution is 7.27. The molecule has 0 heterocycles. The molecule has 12 heavy (non-hydrogen) atoms. The lowest BCUT2D eigenvalue weighted by Crippen LogP contribution is -2.02. The first-order chi connectivity index (χ1) is 5.65. The van der Waals surface area contributed by atoms with E-state index in [2.05, 4.69) is 9.24 Å². The zero-order valence-electron chi connectivity index (χ0n) is 6.06. The number of benzene rings is 1. The average Bonchev–Trinajstić information content (AvgIpc) is 2.05. The summed E-state index contributed by atoms with van der Waals surface area (Å²) < 4.78 is 0. The predicted molar refractivity (Wildman–Crippen MR) is 47.8 cm³/mol. The molecule has 0 radical (unpaired) electrons. The number of aldehydes is 1. The second kappa shape index (κ2) is 3.41. The standard InChI is InChI=1S/C7H6NO3P/c9-4-5-1-2-7(12)6(3-5)8(10)11/h1-4H,12H2. The van der Waals surface area contributed by atoms with Crippen molar-refractivity contribution < 1.29 is 9.72 Å². The van der Waals surface area contributed by atoms with Crippen molar-refractivity contribution in [1.82, 2.24) is 0 Å². The van der Waals surface area contributed by atoms with Gasteiger partial charge in [0, 0.05) is 16.9 Å². The quantitative estimate of drug-likeness (QED) is 0.296. The largest absolute Gasteiger partial charge is 0.298 e. The lowest BCUT2D eigenvalue weighted by atomic mass is 10.2. The minimum absolute atomic E-state index is 0.0513. The van der Waals surface area contributed by atoms with Crippen molar-refractivity contribution in [2.75, 3.05) is 0 Å². The molecule has 0 aliphatic rings. The maximum atomic E-state index is 10.4. The van der Waals surface area contributed by atoms with Gasteiger partial charge in [-0.05, 0) is 6.07 Å². The van der Waals surface area contributed by atoms with Gasteiger partial charge in [0.1, 0.15) is 6.29 Å². The van der Waals surface area contributed by atoms with Gasteiger partial charge in [0.2, 0.25) is 0 Å². The van der Waals surface area contributed by atoms with Gasteiger partial charge in [-0.25, -0.2) is 0 Å². The van der Waals surface area contributed by atoms with E-state index < -0.39 is 4.92 Å². The van der Waals surface area contributed by atoms with Gasteiger partial charge in [0.15, 0.2) is 0 Å². The molecule has 62 valence electrons. The highest BCUT2D eigenvalue weighted by Gasteiger charge is 2.10. The van der Waals surface area contributed by atoms with Crippen molar-refractivity contribution in [3.8, 4) is 0 Å². The highest BCUT2D eigenvalue weighted by Crippen LogP contribution is 2.12. The van der Waals surface area contributed by atoms with Crippen LogP contribution in [0.25, 0.3) is 0 Å². The van der Waals surface area contributed by atoms with Crippen LogP contribution in [0.5, 0.6) is 0 Å². The Bertz CT molecular complexity index is 337. The van der Waals surface area contributed by atoms with E-state index >= 15 is 0 Å². The topological polar surface area (TPSA) is 60.2 Å². The summed E-state index contributed by atoms with van der Waals surface area (Å²) >= 11 is 0. The zero-order valence-corrected chi connectivity index (χ0v) is 7.21. The van der Waals surface area contributed by atoms with Crippen LogP contribution in [0.2, 0.25) is 0 Å². The fraction of sp³-hybridized carbons (Fsp3) is 0. The van der Waals surface area contributed by atoms with Gasteiger partial charge in [-0.15, -0.1) is 0 Å². The third-order valence-corrected chi connectivity index (χ3v) is 1.88. The summed E-state index contributed by atoms with van der Waals surface area (Å²) in [6, 6.07) is 4.30. The third-order valence-electron chi connectivity index (χ3n) is 1.39. The maximum absolute atomic E-state index is 10.4. The number of hydrogen-bond donors (Lipinski definition) is 0. The third kappa shape index (κ3) is 1.66. The van der Waals surface area contributed by atoms with E-state index in [1.165, 1.54) is 18.2 Å². The first-order valence-electron chi connectivity index (χ1n) is 3.14. The van der Waals surface area contributed by atoms with E-state index in [0.717, 1.165) is 0 Å². The van der Waals surface area contributed by atoms with Gasteiger partial charge in [-0.1, -0.05) is 15.3 Å². The minimum Gasteiger partial charge on any atom is -0.298 e. The van der Waals surface area contributed by atoms with E-state index in [0.29, 0.717) is 17.2 Å². The molecule has 0 spiro atoms. The van der Waals surface area contributed by atoms with Gasteiger partial charge in [-0.2, -0.15) is 0 Å². The Labute approximate surface area is 70.9 Å². The van der Waals surface area contributed by atoms with E-state index in [-0.39, 0.29) is 5.69 Å². The van der Waals surface area contributed by atoms with Crippen LogP contribution in [0.3, 0.4) is 0 Å². The molecule has 1 aromatic carbocycles. The molecule has 5 heteroatoms. The van der Waals surface area contributed by atoms with Crippen LogP contribution >= 0.6 is 9.24 Å². The summed E-state index contributed by atoms with van der Waals surface area (Å²) in [5, 5.41) is 10.8. The van der Waals surface area contributed by atoms with Crippen LogP contribution in [-0.4, -0.2) is 11.2 Å².